The molecule has 0 aliphatic carbocycles. The van der Waals surface area contributed by atoms with Gasteiger partial charge in [0.2, 0.25) is 5.95 Å². The van der Waals surface area contributed by atoms with Gasteiger partial charge in [0.05, 0.1) is 5.56 Å². The van der Waals surface area contributed by atoms with Gasteiger partial charge in [-0.25, -0.2) is 4.98 Å². The summed E-state index contributed by atoms with van der Waals surface area (Å²) in [4.78, 5) is 12.7. The lowest BCUT2D eigenvalue weighted by Crippen LogP contribution is -2.42. The molecule has 1 saturated heterocycles. The molecule has 0 radical (unpaired) electrons. The lowest BCUT2D eigenvalue weighted by atomic mass is 10.0. The summed E-state index contributed by atoms with van der Waals surface area (Å²) in [5.41, 5.74) is -0.237. The first-order chi connectivity index (χ1) is 12.8. The number of hydrogen-bond acceptors (Lipinski definition) is 5. The van der Waals surface area contributed by atoms with Gasteiger partial charge in [-0.15, -0.1) is 0 Å². The van der Waals surface area contributed by atoms with Crippen LogP contribution in [-0.4, -0.2) is 48.1 Å². The second-order valence-corrected chi connectivity index (χ2v) is 7.01. The summed E-state index contributed by atoms with van der Waals surface area (Å²) in [6, 6.07) is 7.73. The van der Waals surface area contributed by atoms with Crippen LogP contribution >= 0.6 is 0 Å². The maximum absolute atomic E-state index is 13.2. The number of anilines is 2. The molecule has 146 valence electrons. The minimum atomic E-state index is -4.33. The molecular weight excluding hydrogens is 355 g/mol. The number of aromatic nitrogens is 2. The molecule has 1 aromatic heterocycles. The van der Waals surface area contributed by atoms with Gasteiger partial charge >= 0.3 is 6.18 Å². The number of piperidine rings is 1. The summed E-state index contributed by atoms with van der Waals surface area (Å²) in [6.07, 6.45) is -0.776. The normalized spacial score (nSPS) is 18.3. The van der Waals surface area contributed by atoms with Crippen molar-refractivity contribution < 1.29 is 13.2 Å². The first-order valence-corrected chi connectivity index (χ1v) is 8.97. The summed E-state index contributed by atoms with van der Waals surface area (Å²) in [6.45, 7) is 1.72. The predicted molar refractivity (Wildman–Crippen MR) is 99.7 cm³/mol. The molecule has 1 aliphatic heterocycles. The van der Waals surface area contributed by atoms with E-state index in [2.05, 4.69) is 20.2 Å². The molecule has 1 aliphatic rings. The van der Waals surface area contributed by atoms with Crippen molar-refractivity contribution in [2.45, 2.75) is 31.6 Å². The van der Waals surface area contributed by atoms with Crippen molar-refractivity contribution in [3.63, 3.8) is 0 Å². The lowest BCUT2D eigenvalue weighted by Gasteiger charge is -2.33. The lowest BCUT2D eigenvalue weighted by molar-refractivity contribution is -0.138. The maximum Gasteiger partial charge on any atom is 0.416 e. The third-order valence-corrected chi connectivity index (χ3v) is 4.65. The van der Waals surface area contributed by atoms with Crippen molar-refractivity contribution >= 4 is 11.8 Å². The number of likely N-dealkylation sites (tertiary alicyclic amines) is 1. The fourth-order valence-corrected chi connectivity index (χ4v) is 3.34. The third kappa shape index (κ3) is 5.09. The average Bonchev–Trinajstić information content (AvgIpc) is 2.62. The van der Waals surface area contributed by atoms with E-state index in [1.165, 1.54) is 6.07 Å². The zero-order valence-electron chi connectivity index (χ0n) is 15.5. The maximum atomic E-state index is 13.2. The van der Waals surface area contributed by atoms with Crippen molar-refractivity contribution in [3.05, 3.63) is 47.7 Å². The van der Waals surface area contributed by atoms with Crippen molar-refractivity contribution in [1.29, 1.82) is 0 Å². The highest BCUT2D eigenvalue weighted by Crippen LogP contribution is 2.32. The highest BCUT2D eigenvalue weighted by atomic mass is 19.4. The molecule has 3 rings (SSSR count). The number of rotatable bonds is 5. The molecule has 1 unspecified atom stereocenters. The number of alkyl halides is 3. The van der Waals surface area contributed by atoms with Crippen LogP contribution in [0.2, 0.25) is 0 Å². The fraction of sp³-hybridized carbons (Fsp3) is 0.474. The number of nitrogens with one attached hydrogen (secondary N) is 1. The van der Waals surface area contributed by atoms with Gasteiger partial charge in [0.15, 0.2) is 0 Å². The monoisotopic (exact) mass is 379 g/mol. The average molecular weight is 379 g/mol. The van der Waals surface area contributed by atoms with Crippen LogP contribution in [0.1, 0.15) is 24.0 Å². The second kappa shape index (κ2) is 8.12. The molecule has 1 aromatic carbocycles. The molecule has 2 aromatic rings. The molecule has 2 heterocycles. The Morgan fingerprint density at radius 2 is 2.00 bits per heavy atom. The highest BCUT2D eigenvalue weighted by Gasteiger charge is 2.33. The van der Waals surface area contributed by atoms with Crippen molar-refractivity contribution in [3.8, 4) is 0 Å². The minimum Gasteiger partial charge on any atom is -0.363 e. The van der Waals surface area contributed by atoms with Gasteiger partial charge in [-0.2, -0.15) is 18.2 Å². The van der Waals surface area contributed by atoms with Crippen molar-refractivity contribution in [2.24, 2.45) is 0 Å². The SMILES string of the molecule is CN(C)c1ccnc(NC2CCCN(Cc3ccccc3C(F)(F)F)C2)n1. The molecule has 0 bridgehead atoms. The van der Waals surface area contributed by atoms with Crippen LogP contribution in [-0.2, 0) is 12.7 Å². The van der Waals surface area contributed by atoms with Crippen molar-refractivity contribution in [1.82, 2.24) is 14.9 Å². The van der Waals surface area contributed by atoms with Gasteiger partial charge < -0.3 is 10.2 Å². The third-order valence-electron chi connectivity index (χ3n) is 4.65. The summed E-state index contributed by atoms with van der Waals surface area (Å²) < 4.78 is 39.7. The zero-order valence-corrected chi connectivity index (χ0v) is 15.5. The zero-order chi connectivity index (χ0) is 19.4. The standard InChI is InChI=1S/C19H24F3N5/c1-26(2)17-9-10-23-18(25-17)24-15-7-5-11-27(13-15)12-14-6-3-4-8-16(14)19(20,21)22/h3-4,6,8-10,15H,5,7,11-13H2,1-2H3,(H,23,24,25). The van der Waals surface area contributed by atoms with Gasteiger partial charge in [0.25, 0.3) is 0 Å². The molecule has 27 heavy (non-hydrogen) atoms. The van der Waals surface area contributed by atoms with Crippen LogP contribution in [0.5, 0.6) is 0 Å². The fourth-order valence-electron chi connectivity index (χ4n) is 3.34. The Bertz CT molecular complexity index is 763. The molecule has 1 atom stereocenters. The van der Waals surface area contributed by atoms with Gasteiger partial charge in [-0.05, 0) is 37.1 Å². The molecule has 0 spiro atoms. The van der Waals surface area contributed by atoms with Gasteiger partial charge in [0, 0.05) is 39.4 Å². The van der Waals surface area contributed by atoms with E-state index in [0.717, 1.165) is 31.3 Å². The summed E-state index contributed by atoms with van der Waals surface area (Å²) in [5.74, 6) is 1.35. The Hall–Kier alpha value is -2.35. The topological polar surface area (TPSA) is 44.3 Å². The van der Waals surface area contributed by atoms with Gasteiger partial charge in [-0.3, -0.25) is 4.90 Å². The van der Waals surface area contributed by atoms with E-state index < -0.39 is 11.7 Å². The molecule has 5 nitrogen and oxygen atoms in total. The van der Waals surface area contributed by atoms with E-state index in [1.54, 1.807) is 18.3 Å². The number of nitrogens with zero attached hydrogens (tertiary/aromatic N) is 4. The van der Waals surface area contributed by atoms with E-state index in [1.807, 2.05) is 25.1 Å². The molecular formula is C19H24F3N5. The van der Waals surface area contributed by atoms with E-state index >= 15 is 0 Å². The predicted octanol–water partition coefficient (Wildman–Crippen LogP) is 3.64. The quantitative estimate of drug-likeness (QED) is 0.859. The smallest absolute Gasteiger partial charge is 0.363 e. The van der Waals surface area contributed by atoms with Crippen LogP contribution in [0, 0.1) is 0 Å². The molecule has 1 fully saturated rings. The van der Waals surface area contributed by atoms with E-state index in [4.69, 9.17) is 0 Å². The first kappa shape index (κ1) is 19.4. The Morgan fingerprint density at radius 1 is 1.22 bits per heavy atom. The van der Waals surface area contributed by atoms with Crippen LogP contribution in [0.3, 0.4) is 0 Å². The second-order valence-electron chi connectivity index (χ2n) is 7.01. The number of halogens is 3. The summed E-state index contributed by atoms with van der Waals surface area (Å²) in [5, 5.41) is 3.32. The van der Waals surface area contributed by atoms with Gasteiger partial charge in [0.1, 0.15) is 5.82 Å². The minimum absolute atomic E-state index is 0.106. The van der Waals surface area contributed by atoms with Crippen LogP contribution in [0.4, 0.5) is 24.9 Å². The van der Waals surface area contributed by atoms with E-state index in [9.17, 15) is 13.2 Å². The van der Waals surface area contributed by atoms with Gasteiger partial charge in [-0.1, -0.05) is 18.2 Å². The highest BCUT2D eigenvalue weighted by molar-refractivity contribution is 5.41. The Morgan fingerprint density at radius 3 is 2.74 bits per heavy atom. The summed E-state index contributed by atoms with van der Waals surface area (Å²) >= 11 is 0. The van der Waals surface area contributed by atoms with Crippen LogP contribution in [0.25, 0.3) is 0 Å². The number of benzene rings is 1. The van der Waals surface area contributed by atoms with Crippen molar-refractivity contribution in [2.75, 3.05) is 37.4 Å². The Kier molecular flexibility index (Phi) is 5.84. The van der Waals surface area contributed by atoms with Crippen LogP contribution < -0.4 is 10.2 Å². The number of hydrogen-bond donors (Lipinski definition) is 1. The molecule has 1 N–H and O–H groups in total. The largest absolute Gasteiger partial charge is 0.416 e. The van der Waals surface area contributed by atoms with E-state index in [0.29, 0.717) is 18.1 Å². The molecule has 0 saturated carbocycles. The Labute approximate surface area is 157 Å². The first-order valence-electron chi connectivity index (χ1n) is 8.97. The summed E-state index contributed by atoms with van der Waals surface area (Å²) in [7, 11) is 3.82. The Balaban J connectivity index is 1.66. The molecule has 0 amide bonds. The van der Waals surface area contributed by atoms with E-state index in [-0.39, 0.29) is 12.6 Å². The van der Waals surface area contributed by atoms with Crippen LogP contribution in [0.15, 0.2) is 36.5 Å². The molecule has 8 heteroatoms.